The smallest absolute Gasteiger partial charge is 0.414 e. The van der Waals surface area contributed by atoms with Crippen LogP contribution in [-0.2, 0) is 19.1 Å². The molecule has 7 nitrogen and oxygen atoms in total. The van der Waals surface area contributed by atoms with Gasteiger partial charge in [-0.05, 0) is 30.7 Å². The van der Waals surface area contributed by atoms with Crippen molar-refractivity contribution in [1.82, 2.24) is 5.32 Å². The summed E-state index contributed by atoms with van der Waals surface area (Å²) < 4.78 is 4.80. The Hall–Kier alpha value is -1.83. The van der Waals surface area contributed by atoms with Gasteiger partial charge in [0.15, 0.2) is 0 Å². The largest absolute Gasteiger partial charge is 0.473 e. The summed E-state index contributed by atoms with van der Waals surface area (Å²) in [5.41, 5.74) is 0.893. The van der Waals surface area contributed by atoms with Gasteiger partial charge in [-0.15, -0.1) is 0 Å². The van der Waals surface area contributed by atoms with Crippen LogP contribution in [-0.4, -0.2) is 41.8 Å². The average molecular weight is 364 g/mol. The van der Waals surface area contributed by atoms with E-state index in [-0.39, 0.29) is 17.9 Å². The Morgan fingerprint density at radius 3 is 2.30 bits per heavy atom. The molecule has 1 fully saturated rings. The molecule has 23 heavy (non-hydrogen) atoms. The summed E-state index contributed by atoms with van der Waals surface area (Å²) in [5, 5.41) is 19.2. The topological polar surface area (TPSA) is 113 Å². The highest BCUT2D eigenvalue weighted by Crippen LogP contribution is 2.35. The molecule has 126 valence electrons. The highest BCUT2D eigenvalue weighted by molar-refractivity contribution is 6.35. The Labute approximate surface area is 142 Å². The van der Waals surface area contributed by atoms with Crippen molar-refractivity contribution in [3.05, 3.63) is 33.8 Å². The number of benzene rings is 1. The lowest BCUT2D eigenvalue weighted by molar-refractivity contribution is -0.159. The van der Waals surface area contributed by atoms with Gasteiger partial charge in [0.1, 0.15) is 0 Å². The number of esters is 1. The van der Waals surface area contributed by atoms with Crippen LogP contribution >= 0.6 is 23.2 Å². The number of aliphatic carboxylic acids is 2. The number of hydrogen-bond donors (Lipinski definition) is 3. The zero-order chi connectivity index (χ0) is 17.6. The normalized spacial score (nSPS) is 19.4. The molecular weight excluding hydrogens is 349 g/mol. The molecule has 1 aliphatic heterocycles. The molecule has 0 aromatic heterocycles. The minimum absolute atomic E-state index is 0.0905. The molecule has 1 aromatic rings. The third-order valence-electron chi connectivity index (χ3n) is 3.21. The van der Waals surface area contributed by atoms with Gasteiger partial charge in [-0.1, -0.05) is 29.3 Å². The molecule has 0 bridgehead atoms. The van der Waals surface area contributed by atoms with Crippen LogP contribution in [0, 0.1) is 5.92 Å². The molecule has 0 aliphatic carbocycles. The predicted molar refractivity (Wildman–Crippen MR) is 82.6 cm³/mol. The van der Waals surface area contributed by atoms with Crippen LogP contribution in [0.2, 0.25) is 10.0 Å². The van der Waals surface area contributed by atoms with Crippen LogP contribution < -0.4 is 5.32 Å². The highest BCUT2D eigenvalue weighted by Gasteiger charge is 2.35. The predicted octanol–water partition coefficient (Wildman–Crippen LogP) is 1.97. The van der Waals surface area contributed by atoms with E-state index in [9.17, 15) is 4.79 Å². The van der Waals surface area contributed by atoms with Gasteiger partial charge < -0.3 is 20.3 Å². The van der Waals surface area contributed by atoms with Crippen molar-refractivity contribution in [3.8, 4) is 0 Å². The number of ether oxygens (including phenoxy) is 1. The standard InChI is InChI=1S/C12H13Cl2NO2.C2H2O4/c1-17-12(16)9-4-5-15-11(9)8-3-2-7(13)6-10(8)14;3-1(4)2(5)6/h2-3,6,9,11,15H,4-5H2,1H3;(H,3,4)(H,5,6). The van der Waals surface area contributed by atoms with Gasteiger partial charge in [0.25, 0.3) is 0 Å². The van der Waals surface area contributed by atoms with Gasteiger partial charge in [-0.3, -0.25) is 4.79 Å². The first kappa shape index (κ1) is 19.2. The molecule has 2 unspecified atom stereocenters. The number of carboxylic acids is 2. The van der Waals surface area contributed by atoms with E-state index in [0.29, 0.717) is 10.0 Å². The van der Waals surface area contributed by atoms with Gasteiger partial charge in [0.05, 0.1) is 13.0 Å². The van der Waals surface area contributed by atoms with Gasteiger partial charge in [0.2, 0.25) is 0 Å². The van der Waals surface area contributed by atoms with Crippen LogP contribution in [0.4, 0.5) is 0 Å². The molecule has 1 heterocycles. The van der Waals surface area contributed by atoms with Crippen molar-refractivity contribution in [2.75, 3.05) is 13.7 Å². The maximum absolute atomic E-state index is 11.6. The van der Waals surface area contributed by atoms with E-state index < -0.39 is 11.9 Å². The SMILES string of the molecule is COC(=O)C1CCNC1c1ccc(Cl)cc1Cl.O=C(O)C(=O)O. The molecule has 0 spiro atoms. The minimum Gasteiger partial charge on any atom is -0.473 e. The summed E-state index contributed by atoms with van der Waals surface area (Å²) in [6, 6.07) is 5.22. The summed E-state index contributed by atoms with van der Waals surface area (Å²) in [4.78, 5) is 29.8. The van der Waals surface area contributed by atoms with E-state index in [1.165, 1.54) is 7.11 Å². The third kappa shape index (κ3) is 5.38. The average Bonchev–Trinajstić information content (AvgIpc) is 2.96. The van der Waals surface area contributed by atoms with Crippen LogP contribution in [0.15, 0.2) is 18.2 Å². The summed E-state index contributed by atoms with van der Waals surface area (Å²) in [6.45, 7) is 0.781. The summed E-state index contributed by atoms with van der Waals surface area (Å²) in [7, 11) is 1.40. The second kappa shape index (κ2) is 8.71. The number of carbonyl (C=O) groups excluding carboxylic acids is 1. The Morgan fingerprint density at radius 2 is 1.83 bits per heavy atom. The Bertz CT molecular complexity index is 595. The number of hydrogen-bond acceptors (Lipinski definition) is 5. The van der Waals surface area contributed by atoms with Crippen molar-refractivity contribution in [2.24, 2.45) is 5.92 Å². The fourth-order valence-electron chi connectivity index (χ4n) is 2.19. The van der Waals surface area contributed by atoms with Gasteiger partial charge in [-0.2, -0.15) is 0 Å². The van der Waals surface area contributed by atoms with E-state index in [2.05, 4.69) is 5.32 Å². The molecular formula is C14H15Cl2NO6. The number of carbonyl (C=O) groups is 3. The number of methoxy groups -OCH3 is 1. The van der Waals surface area contributed by atoms with Crippen LogP contribution in [0.5, 0.6) is 0 Å². The van der Waals surface area contributed by atoms with Gasteiger partial charge >= 0.3 is 17.9 Å². The summed E-state index contributed by atoms with van der Waals surface area (Å²) in [6.07, 6.45) is 0.760. The molecule has 9 heteroatoms. The molecule has 2 atom stereocenters. The van der Waals surface area contributed by atoms with Crippen molar-refractivity contribution in [3.63, 3.8) is 0 Å². The van der Waals surface area contributed by atoms with Crippen LogP contribution in [0.3, 0.4) is 0 Å². The molecule has 0 saturated carbocycles. The lowest BCUT2D eigenvalue weighted by Gasteiger charge is -2.19. The van der Waals surface area contributed by atoms with Gasteiger partial charge in [0, 0.05) is 16.1 Å². The van der Waals surface area contributed by atoms with E-state index in [1.807, 2.05) is 6.07 Å². The first-order valence-corrected chi connectivity index (χ1v) is 7.26. The number of carboxylic acid groups (broad SMARTS) is 2. The number of nitrogens with one attached hydrogen (secondary N) is 1. The lowest BCUT2D eigenvalue weighted by Crippen LogP contribution is -2.24. The molecule has 1 aromatic carbocycles. The molecule has 1 saturated heterocycles. The number of halogens is 2. The van der Waals surface area contributed by atoms with E-state index in [4.69, 9.17) is 47.7 Å². The zero-order valence-corrected chi connectivity index (χ0v) is 13.6. The first-order chi connectivity index (χ1) is 10.8. The lowest BCUT2D eigenvalue weighted by atomic mass is 9.94. The first-order valence-electron chi connectivity index (χ1n) is 6.50. The molecule has 0 amide bonds. The van der Waals surface area contributed by atoms with Gasteiger partial charge in [-0.25, -0.2) is 9.59 Å². The van der Waals surface area contributed by atoms with Crippen molar-refractivity contribution in [1.29, 1.82) is 0 Å². The molecule has 0 radical (unpaired) electrons. The molecule has 3 N–H and O–H groups in total. The highest BCUT2D eigenvalue weighted by atomic mass is 35.5. The minimum atomic E-state index is -1.82. The maximum Gasteiger partial charge on any atom is 0.414 e. The van der Waals surface area contributed by atoms with E-state index >= 15 is 0 Å². The van der Waals surface area contributed by atoms with E-state index in [1.54, 1.807) is 12.1 Å². The fourth-order valence-corrected chi connectivity index (χ4v) is 2.72. The van der Waals surface area contributed by atoms with Crippen molar-refractivity contribution >= 4 is 41.1 Å². The summed E-state index contributed by atoms with van der Waals surface area (Å²) >= 11 is 12.0. The van der Waals surface area contributed by atoms with E-state index in [0.717, 1.165) is 18.5 Å². The second-order valence-electron chi connectivity index (χ2n) is 4.63. The Morgan fingerprint density at radius 1 is 1.22 bits per heavy atom. The zero-order valence-electron chi connectivity index (χ0n) is 12.1. The second-order valence-corrected chi connectivity index (χ2v) is 5.47. The van der Waals surface area contributed by atoms with Crippen LogP contribution in [0.1, 0.15) is 18.0 Å². The van der Waals surface area contributed by atoms with Crippen molar-refractivity contribution < 1.29 is 29.3 Å². The monoisotopic (exact) mass is 363 g/mol. The maximum atomic E-state index is 11.6. The molecule has 1 aliphatic rings. The Kier molecular flexibility index (Phi) is 7.28. The molecule has 2 rings (SSSR count). The van der Waals surface area contributed by atoms with Crippen LogP contribution in [0.25, 0.3) is 0 Å². The third-order valence-corrected chi connectivity index (χ3v) is 3.77. The quantitative estimate of drug-likeness (QED) is 0.543. The van der Waals surface area contributed by atoms with Crippen molar-refractivity contribution in [2.45, 2.75) is 12.5 Å². The number of rotatable bonds is 2. The Balaban J connectivity index is 0.000000379. The fraction of sp³-hybridized carbons (Fsp3) is 0.357. The summed E-state index contributed by atoms with van der Waals surface area (Å²) in [5.74, 6) is -4.03.